The monoisotopic (exact) mass is 251 g/mol. The quantitative estimate of drug-likeness (QED) is 0.741. The van der Waals surface area contributed by atoms with E-state index in [-0.39, 0.29) is 18.6 Å². The molecule has 0 spiro atoms. The standard InChI is InChI=1S/C10H12F2.C2H6.V/c1-3-7-5-8(11)6-10(12)9(7)4-2;1-2;/h5-6H,3-4H2,1-2H3;1-2H3;. The number of hydrogen-bond donors (Lipinski definition) is 0. The van der Waals surface area contributed by atoms with Crippen molar-refractivity contribution in [1.29, 1.82) is 0 Å². The molecule has 0 saturated carbocycles. The molecule has 1 aromatic rings. The van der Waals surface area contributed by atoms with E-state index in [2.05, 4.69) is 0 Å². The molecule has 0 atom stereocenters. The fourth-order valence-electron chi connectivity index (χ4n) is 1.37. The van der Waals surface area contributed by atoms with Gasteiger partial charge in [0.05, 0.1) is 0 Å². The number of aryl methyl sites for hydroxylation is 1. The summed E-state index contributed by atoms with van der Waals surface area (Å²) in [5.74, 6) is -0.907. The first-order valence-electron chi connectivity index (χ1n) is 5.15. The Hall–Kier alpha value is -0.336. The van der Waals surface area contributed by atoms with Crippen LogP contribution in [0.4, 0.5) is 8.78 Å². The Kier molecular flexibility index (Phi) is 10.2. The van der Waals surface area contributed by atoms with E-state index in [9.17, 15) is 8.78 Å². The van der Waals surface area contributed by atoms with Gasteiger partial charge in [0.25, 0.3) is 0 Å². The van der Waals surface area contributed by atoms with E-state index in [1.807, 2.05) is 27.7 Å². The van der Waals surface area contributed by atoms with Crippen LogP contribution in [0, 0.1) is 11.6 Å². The number of halogens is 2. The third kappa shape index (κ3) is 4.81. The summed E-state index contributed by atoms with van der Waals surface area (Å²) in [6.07, 6.45) is 1.30. The molecule has 0 bridgehead atoms. The van der Waals surface area contributed by atoms with Gasteiger partial charge in [-0.2, -0.15) is 0 Å². The summed E-state index contributed by atoms with van der Waals surface area (Å²) in [5, 5.41) is 0. The molecule has 0 amide bonds. The third-order valence-electron chi connectivity index (χ3n) is 1.99. The van der Waals surface area contributed by atoms with Gasteiger partial charge in [0.1, 0.15) is 11.6 Å². The molecule has 0 aliphatic carbocycles. The Morgan fingerprint density at radius 2 is 1.53 bits per heavy atom. The molecule has 0 aliphatic heterocycles. The van der Waals surface area contributed by atoms with Crippen molar-refractivity contribution in [3.8, 4) is 0 Å². The largest absolute Gasteiger partial charge is 0.207 e. The summed E-state index contributed by atoms with van der Waals surface area (Å²) in [4.78, 5) is 0. The Labute approximate surface area is 103 Å². The number of rotatable bonds is 2. The van der Waals surface area contributed by atoms with Crippen molar-refractivity contribution in [3.63, 3.8) is 0 Å². The first kappa shape index (κ1) is 17.1. The summed E-state index contributed by atoms with van der Waals surface area (Å²) < 4.78 is 25.7. The van der Waals surface area contributed by atoms with Crippen LogP contribution in [0.25, 0.3) is 0 Å². The minimum absolute atomic E-state index is 0. The third-order valence-corrected chi connectivity index (χ3v) is 1.99. The van der Waals surface area contributed by atoms with Crippen molar-refractivity contribution < 1.29 is 27.3 Å². The smallest absolute Gasteiger partial charge is 0.129 e. The van der Waals surface area contributed by atoms with Crippen LogP contribution in [-0.2, 0) is 31.4 Å². The Morgan fingerprint density at radius 3 is 1.93 bits per heavy atom. The average Bonchev–Trinajstić information content (AvgIpc) is 2.19. The normalized spacial score (nSPS) is 8.67. The number of benzene rings is 1. The maximum atomic E-state index is 13.1. The molecule has 1 radical (unpaired) electrons. The van der Waals surface area contributed by atoms with Gasteiger partial charge in [0.2, 0.25) is 0 Å². The maximum Gasteiger partial charge on any atom is 0.129 e. The summed E-state index contributed by atoms with van der Waals surface area (Å²) in [7, 11) is 0. The molecule has 85 valence electrons. The predicted octanol–water partition coefficient (Wildman–Crippen LogP) is 4.11. The molecule has 0 fully saturated rings. The van der Waals surface area contributed by atoms with Gasteiger partial charge in [-0.1, -0.05) is 27.7 Å². The first-order valence-corrected chi connectivity index (χ1v) is 5.15. The van der Waals surface area contributed by atoms with Crippen LogP contribution in [0.2, 0.25) is 0 Å². The van der Waals surface area contributed by atoms with Gasteiger partial charge in [-0.25, -0.2) is 8.78 Å². The Balaban J connectivity index is 0. The molecular formula is C12H18F2V. The second-order valence-electron chi connectivity index (χ2n) is 2.73. The van der Waals surface area contributed by atoms with Gasteiger partial charge >= 0.3 is 0 Å². The van der Waals surface area contributed by atoms with E-state index in [1.54, 1.807) is 0 Å². The Morgan fingerprint density at radius 1 is 1.00 bits per heavy atom. The molecular weight excluding hydrogens is 233 g/mol. The molecule has 0 aromatic heterocycles. The van der Waals surface area contributed by atoms with E-state index < -0.39 is 11.6 Å². The molecule has 3 heteroatoms. The van der Waals surface area contributed by atoms with Crippen LogP contribution in [0.15, 0.2) is 12.1 Å². The fourth-order valence-corrected chi connectivity index (χ4v) is 1.37. The molecule has 0 N–H and O–H groups in total. The van der Waals surface area contributed by atoms with E-state index in [0.717, 1.165) is 11.6 Å². The average molecular weight is 251 g/mol. The first-order chi connectivity index (χ1) is 6.69. The van der Waals surface area contributed by atoms with Crippen LogP contribution >= 0.6 is 0 Å². The molecule has 0 heterocycles. The SMILES string of the molecule is CC.CCc1cc(F)cc(F)c1CC.[V]. The molecule has 0 nitrogen and oxygen atoms in total. The van der Waals surface area contributed by atoms with Gasteiger partial charge in [-0.3, -0.25) is 0 Å². The van der Waals surface area contributed by atoms with Crippen LogP contribution in [0.3, 0.4) is 0 Å². The molecule has 0 saturated heterocycles. The van der Waals surface area contributed by atoms with Gasteiger partial charge in [0.15, 0.2) is 0 Å². The van der Waals surface area contributed by atoms with Crippen molar-refractivity contribution in [1.82, 2.24) is 0 Å². The van der Waals surface area contributed by atoms with E-state index in [1.165, 1.54) is 6.07 Å². The minimum Gasteiger partial charge on any atom is -0.207 e. The van der Waals surface area contributed by atoms with Crippen molar-refractivity contribution in [2.24, 2.45) is 0 Å². The van der Waals surface area contributed by atoms with Crippen molar-refractivity contribution in [3.05, 3.63) is 34.9 Å². The van der Waals surface area contributed by atoms with Crippen molar-refractivity contribution in [2.75, 3.05) is 0 Å². The summed E-state index contributed by atoms with van der Waals surface area (Å²) >= 11 is 0. The van der Waals surface area contributed by atoms with Gasteiger partial charge < -0.3 is 0 Å². The van der Waals surface area contributed by atoms with Crippen LogP contribution in [0.5, 0.6) is 0 Å². The second-order valence-corrected chi connectivity index (χ2v) is 2.73. The van der Waals surface area contributed by atoms with E-state index in [0.29, 0.717) is 18.4 Å². The topological polar surface area (TPSA) is 0 Å². The molecule has 0 unspecified atom stereocenters. The molecule has 15 heavy (non-hydrogen) atoms. The predicted molar refractivity (Wildman–Crippen MR) is 56.5 cm³/mol. The zero-order valence-corrected chi connectivity index (χ0v) is 11.2. The number of hydrogen-bond acceptors (Lipinski definition) is 0. The van der Waals surface area contributed by atoms with Crippen LogP contribution in [0.1, 0.15) is 38.8 Å². The zero-order chi connectivity index (χ0) is 11.1. The second kappa shape index (κ2) is 8.93. The molecule has 0 aliphatic rings. The van der Waals surface area contributed by atoms with Gasteiger partial charge in [0, 0.05) is 24.6 Å². The van der Waals surface area contributed by atoms with Crippen LogP contribution < -0.4 is 0 Å². The maximum absolute atomic E-state index is 13.1. The van der Waals surface area contributed by atoms with E-state index >= 15 is 0 Å². The van der Waals surface area contributed by atoms with E-state index in [4.69, 9.17) is 0 Å². The minimum atomic E-state index is -0.485. The zero-order valence-electron chi connectivity index (χ0n) is 9.77. The van der Waals surface area contributed by atoms with Crippen molar-refractivity contribution >= 4 is 0 Å². The molecule has 1 rings (SSSR count). The van der Waals surface area contributed by atoms with Crippen LogP contribution in [-0.4, -0.2) is 0 Å². The summed E-state index contributed by atoms with van der Waals surface area (Å²) in [6, 6.07) is 2.35. The fraction of sp³-hybridized carbons (Fsp3) is 0.500. The summed E-state index contributed by atoms with van der Waals surface area (Å²) in [5.41, 5.74) is 1.41. The van der Waals surface area contributed by atoms with Gasteiger partial charge in [-0.15, -0.1) is 0 Å². The molecule has 1 aromatic carbocycles. The van der Waals surface area contributed by atoms with Gasteiger partial charge in [-0.05, 0) is 30.0 Å². The van der Waals surface area contributed by atoms with Crippen molar-refractivity contribution in [2.45, 2.75) is 40.5 Å². The Bertz CT molecular complexity index is 285. The summed E-state index contributed by atoms with van der Waals surface area (Å²) in [6.45, 7) is 7.77.